The van der Waals surface area contributed by atoms with Gasteiger partial charge in [0.25, 0.3) is 5.91 Å². The zero-order valence-electron chi connectivity index (χ0n) is 15.8. The maximum atomic E-state index is 13.0. The Bertz CT molecular complexity index is 1160. The standard InChI is InChI=1S/C23H14I3NO2S2/c24-16-8-6-14(7-9-16)13-29-21-18(25)10-15(11-19(21)26)12-20-22(28)27(23(30)31-20)17-4-2-1-3-5-17/h1-12H,13H2/b20-12+. The third-order valence-electron chi connectivity index (χ3n) is 4.42. The van der Waals surface area contributed by atoms with Crippen LogP contribution >= 0.6 is 91.8 Å². The van der Waals surface area contributed by atoms with Gasteiger partial charge in [-0.15, -0.1) is 0 Å². The number of carbonyl (C=O) groups excluding carboxylic acids is 1. The summed E-state index contributed by atoms with van der Waals surface area (Å²) < 4.78 is 9.84. The van der Waals surface area contributed by atoms with Gasteiger partial charge in [0, 0.05) is 3.57 Å². The Balaban J connectivity index is 1.54. The van der Waals surface area contributed by atoms with E-state index in [2.05, 4.69) is 92.0 Å². The number of amides is 1. The molecule has 3 aromatic rings. The van der Waals surface area contributed by atoms with Gasteiger partial charge in [-0.25, -0.2) is 0 Å². The highest BCUT2D eigenvalue weighted by Gasteiger charge is 2.33. The summed E-state index contributed by atoms with van der Waals surface area (Å²) >= 11 is 13.6. The van der Waals surface area contributed by atoms with Crippen LogP contribution in [0.5, 0.6) is 5.75 Å². The summed E-state index contributed by atoms with van der Waals surface area (Å²) in [6, 6.07) is 21.8. The van der Waals surface area contributed by atoms with Gasteiger partial charge in [0.1, 0.15) is 12.4 Å². The number of rotatable bonds is 5. The van der Waals surface area contributed by atoms with Crippen molar-refractivity contribution in [2.45, 2.75) is 6.61 Å². The number of halogens is 3. The number of nitrogens with zero attached hydrogens (tertiary/aromatic N) is 1. The van der Waals surface area contributed by atoms with E-state index in [1.807, 2.05) is 48.5 Å². The smallest absolute Gasteiger partial charge is 0.270 e. The Labute approximate surface area is 231 Å². The molecule has 0 N–H and O–H groups in total. The van der Waals surface area contributed by atoms with Crippen molar-refractivity contribution in [1.82, 2.24) is 0 Å². The molecular weight excluding hydrogens is 767 g/mol. The molecule has 156 valence electrons. The fourth-order valence-electron chi connectivity index (χ4n) is 2.96. The van der Waals surface area contributed by atoms with Crippen LogP contribution in [0, 0.1) is 10.7 Å². The third-order valence-corrected chi connectivity index (χ3v) is 8.05. The van der Waals surface area contributed by atoms with Crippen LogP contribution in [-0.2, 0) is 11.4 Å². The van der Waals surface area contributed by atoms with Crippen molar-refractivity contribution in [3.63, 3.8) is 0 Å². The average molecular weight is 781 g/mol. The summed E-state index contributed by atoms with van der Waals surface area (Å²) in [5.41, 5.74) is 2.86. The predicted octanol–water partition coefficient (Wildman–Crippen LogP) is 7.49. The highest BCUT2D eigenvalue weighted by Crippen LogP contribution is 2.37. The third kappa shape index (κ3) is 5.63. The van der Waals surface area contributed by atoms with Crippen molar-refractivity contribution in [2.75, 3.05) is 4.90 Å². The maximum Gasteiger partial charge on any atom is 0.270 e. The van der Waals surface area contributed by atoms with E-state index in [4.69, 9.17) is 17.0 Å². The Morgan fingerprint density at radius 2 is 1.61 bits per heavy atom. The van der Waals surface area contributed by atoms with Crippen molar-refractivity contribution in [3.8, 4) is 5.75 Å². The zero-order chi connectivity index (χ0) is 22.0. The number of thiocarbonyl (C=S) groups is 1. The molecule has 31 heavy (non-hydrogen) atoms. The normalized spacial score (nSPS) is 15.1. The second kappa shape index (κ2) is 10.5. The minimum atomic E-state index is -0.0924. The lowest BCUT2D eigenvalue weighted by atomic mass is 10.2. The van der Waals surface area contributed by atoms with Gasteiger partial charge >= 0.3 is 0 Å². The van der Waals surface area contributed by atoms with Crippen LogP contribution < -0.4 is 9.64 Å². The number of para-hydroxylation sites is 1. The summed E-state index contributed by atoms with van der Waals surface area (Å²) in [6.07, 6.45) is 1.90. The Hall–Kier alpha value is -0.700. The maximum absolute atomic E-state index is 13.0. The van der Waals surface area contributed by atoms with Crippen LogP contribution in [0.1, 0.15) is 11.1 Å². The topological polar surface area (TPSA) is 29.5 Å². The second-order valence-corrected chi connectivity index (χ2v) is 11.8. The monoisotopic (exact) mass is 781 g/mol. The Morgan fingerprint density at radius 3 is 2.26 bits per heavy atom. The molecular formula is C23H14I3NO2S2. The van der Waals surface area contributed by atoms with Crippen LogP contribution in [0.3, 0.4) is 0 Å². The summed E-state index contributed by atoms with van der Waals surface area (Å²) in [4.78, 5) is 15.2. The zero-order valence-corrected chi connectivity index (χ0v) is 24.0. The van der Waals surface area contributed by atoms with Crippen LogP contribution in [-0.4, -0.2) is 10.2 Å². The van der Waals surface area contributed by atoms with E-state index < -0.39 is 0 Å². The molecule has 0 aromatic heterocycles. The first kappa shape index (κ1) is 23.5. The first-order valence-electron chi connectivity index (χ1n) is 9.11. The molecule has 1 amide bonds. The van der Waals surface area contributed by atoms with Crippen molar-refractivity contribution >= 4 is 114 Å². The quantitative estimate of drug-likeness (QED) is 0.153. The largest absolute Gasteiger partial charge is 0.487 e. The van der Waals surface area contributed by atoms with E-state index in [0.29, 0.717) is 15.8 Å². The molecule has 3 nitrogen and oxygen atoms in total. The summed E-state index contributed by atoms with van der Waals surface area (Å²) in [7, 11) is 0. The van der Waals surface area contributed by atoms with E-state index in [9.17, 15) is 4.79 Å². The minimum Gasteiger partial charge on any atom is -0.487 e. The lowest BCUT2D eigenvalue weighted by Gasteiger charge is -2.14. The number of benzene rings is 3. The fourth-order valence-corrected chi connectivity index (χ4v) is 6.74. The van der Waals surface area contributed by atoms with Gasteiger partial charge in [0.2, 0.25) is 0 Å². The summed E-state index contributed by atoms with van der Waals surface area (Å²) in [6.45, 7) is 0.512. The SMILES string of the molecule is O=C1/C(=C\c2cc(I)c(OCc3ccc(I)cc3)c(I)c2)SC(=S)N1c1ccccc1. The molecule has 1 heterocycles. The molecule has 1 aliphatic heterocycles. The first-order chi connectivity index (χ1) is 14.9. The van der Waals surface area contributed by atoms with E-state index in [-0.39, 0.29) is 5.91 Å². The second-order valence-electron chi connectivity index (χ2n) is 6.58. The molecule has 0 bridgehead atoms. The highest BCUT2D eigenvalue weighted by atomic mass is 127. The first-order valence-corrected chi connectivity index (χ1v) is 13.6. The molecule has 0 atom stereocenters. The number of thioether (sulfide) groups is 1. The number of hydrogen-bond acceptors (Lipinski definition) is 4. The Kier molecular flexibility index (Phi) is 7.94. The Morgan fingerprint density at radius 1 is 0.968 bits per heavy atom. The number of anilines is 1. The number of hydrogen-bond donors (Lipinski definition) is 0. The van der Waals surface area contributed by atoms with Crippen molar-refractivity contribution < 1.29 is 9.53 Å². The molecule has 1 saturated heterocycles. The van der Waals surface area contributed by atoms with Gasteiger partial charge < -0.3 is 4.74 Å². The van der Waals surface area contributed by atoms with Crippen LogP contribution in [0.2, 0.25) is 0 Å². The summed E-state index contributed by atoms with van der Waals surface area (Å²) in [5.74, 6) is 0.763. The van der Waals surface area contributed by atoms with Crippen LogP contribution in [0.15, 0.2) is 71.6 Å². The molecule has 0 unspecified atom stereocenters. The van der Waals surface area contributed by atoms with Crippen LogP contribution in [0.25, 0.3) is 6.08 Å². The van der Waals surface area contributed by atoms with E-state index >= 15 is 0 Å². The van der Waals surface area contributed by atoms with Crippen molar-refractivity contribution in [3.05, 3.63) is 93.5 Å². The predicted molar refractivity (Wildman–Crippen MR) is 157 cm³/mol. The summed E-state index contributed by atoms with van der Waals surface area (Å²) in [5, 5.41) is 0. The van der Waals surface area contributed by atoms with Gasteiger partial charge in [-0.1, -0.05) is 54.3 Å². The van der Waals surface area contributed by atoms with Gasteiger partial charge in [-0.05, 0) is 121 Å². The van der Waals surface area contributed by atoms with Crippen molar-refractivity contribution in [2.24, 2.45) is 0 Å². The van der Waals surface area contributed by atoms with E-state index in [1.54, 1.807) is 4.90 Å². The molecule has 0 radical (unpaired) electrons. The van der Waals surface area contributed by atoms with E-state index in [0.717, 1.165) is 29.7 Å². The molecule has 8 heteroatoms. The van der Waals surface area contributed by atoms with Crippen LogP contribution in [0.4, 0.5) is 5.69 Å². The average Bonchev–Trinajstić information content (AvgIpc) is 3.02. The molecule has 0 aliphatic carbocycles. The molecule has 1 fully saturated rings. The molecule has 4 rings (SSSR count). The van der Waals surface area contributed by atoms with E-state index in [1.165, 1.54) is 15.3 Å². The van der Waals surface area contributed by atoms with Crippen molar-refractivity contribution in [1.29, 1.82) is 0 Å². The molecule has 0 spiro atoms. The van der Waals surface area contributed by atoms with Gasteiger partial charge in [0.15, 0.2) is 4.32 Å². The van der Waals surface area contributed by atoms with Gasteiger partial charge in [0.05, 0.1) is 17.7 Å². The van der Waals surface area contributed by atoms with Gasteiger partial charge in [-0.3, -0.25) is 9.69 Å². The number of carbonyl (C=O) groups is 1. The number of ether oxygens (including phenoxy) is 1. The fraction of sp³-hybridized carbons (Fsp3) is 0.0435. The molecule has 1 aliphatic rings. The lowest BCUT2D eigenvalue weighted by molar-refractivity contribution is -0.113. The lowest BCUT2D eigenvalue weighted by Crippen LogP contribution is -2.27. The minimum absolute atomic E-state index is 0.0924. The molecule has 3 aromatic carbocycles. The molecule has 0 saturated carbocycles. The highest BCUT2D eigenvalue weighted by molar-refractivity contribution is 14.1. The van der Waals surface area contributed by atoms with Gasteiger partial charge in [-0.2, -0.15) is 0 Å².